The highest BCUT2D eigenvalue weighted by molar-refractivity contribution is 5.95. The number of carbonyl (C=O) groups excluding carboxylic acids is 2. The van der Waals surface area contributed by atoms with Crippen molar-refractivity contribution in [1.29, 1.82) is 0 Å². The van der Waals surface area contributed by atoms with E-state index in [9.17, 15) is 14.0 Å². The Kier molecular flexibility index (Phi) is 6.40. The Morgan fingerprint density at radius 2 is 1.97 bits per heavy atom. The summed E-state index contributed by atoms with van der Waals surface area (Å²) < 4.78 is 14.9. The number of nitrogens with two attached hydrogens (primary N) is 1. The first kappa shape index (κ1) is 22.5. The van der Waals surface area contributed by atoms with Crippen LogP contribution in [0.5, 0.6) is 0 Å². The molecule has 4 rings (SSSR count). The number of likely N-dealkylation sites (tertiary alicyclic amines) is 1. The molecule has 2 heterocycles. The van der Waals surface area contributed by atoms with Crippen molar-refractivity contribution in [3.63, 3.8) is 0 Å². The zero-order valence-electron chi connectivity index (χ0n) is 18.7. The van der Waals surface area contributed by atoms with Gasteiger partial charge in [-0.2, -0.15) is 0 Å². The SMILES string of the molecule is CC(NC(=O)c1ccc(-c2cc(C3CCN(C)C(=O)C3)cnc2N)cc1F)c1ccccc1. The van der Waals surface area contributed by atoms with E-state index in [0.717, 1.165) is 17.5 Å². The van der Waals surface area contributed by atoms with Crippen LogP contribution in [0.25, 0.3) is 11.1 Å². The molecule has 6 nitrogen and oxygen atoms in total. The van der Waals surface area contributed by atoms with Gasteiger partial charge >= 0.3 is 0 Å². The van der Waals surface area contributed by atoms with Gasteiger partial charge in [0.1, 0.15) is 11.6 Å². The van der Waals surface area contributed by atoms with Gasteiger partial charge in [0, 0.05) is 31.8 Å². The molecule has 0 bridgehead atoms. The van der Waals surface area contributed by atoms with Crippen molar-refractivity contribution in [1.82, 2.24) is 15.2 Å². The summed E-state index contributed by atoms with van der Waals surface area (Å²) in [7, 11) is 1.80. The fraction of sp³-hybridized carbons (Fsp3) is 0.269. The van der Waals surface area contributed by atoms with Crippen molar-refractivity contribution in [2.45, 2.75) is 31.7 Å². The Balaban J connectivity index is 1.55. The van der Waals surface area contributed by atoms with E-state index in [1.807, 2.05) is 43.3 Å². The van der Waals surface area contributed by atoms with Crippen molar-refractivity contribution in [2.75, 3.05) is 19.3 Å². The van der Waals surface area contributed by atoms with Crippen LogP contribution in [-0.4, -0.2) is 35.3 Å². The van der Waals surface area contributed by atoms with Crippen LogP contribution in [0.3, 0.4) is 0 Å². The Labute approximate surface area is 192 Å². The minimum atomic E-state index is -0.635. The molecule has 33 heavy (non-hydrogen) atoms. The van der Waals surface area contributed by atoms with E-state index in [2.05, 4.69) is 10.3 Å². The maximum absolute atomic E-state index is 14.9. The number of rotatable bonds is 5. The van der Waals surface area contributed by atoms with Crippen molar-refractivity contribution < 1.29 is 14.0 Å². The van der Waals surface area contributed by atoms with Crippen LogP contribution < -0.4 is 11.1 Å². The number of benzene rings is 2. The van der Waals surface area contributed by atoms with Crippen LogP contribution in [0.15, 0.2) is 60.8 Å². The Bertz CT molecular complexity index is 1180. The van der Waals surface area contributed by atoms with Gasteiger partial charge in [-0.1, -0.05) is 36.4 Å². The number of pyridine rings is 1. The summed E-state index contributed by atoms with van der Waals surface area (Å²) in [5.74, 6) is -0.706. The number of anilines is 1. The number of amides is 2. The summed E-state index contributed by atoms with van der Waals surface area (Å²) in [5, 5.41) is 2.83. The summed E-state index contributed by atoms with van der Waals surface area (Å²) in [5.41, 5.74) is 9.01. The summed E-state index contributed by atoms with van der Waals surface area (Å²) in [4.78, 5) is 30.8. The number of halogens is 1. The Hall–Kier alpha value is -3.74. The minimum absolute atomic E-state index is 0.0369. The number of hydrogen-bond acceptors (Lipinski definition) is 4. The molecule has 1 saturated heterocycles. The lowest BCUT2D eigenvalue weighted by molar-refractivity contribution is -0.132. The first-order chi connectivity index (χ1) is 15.8. The average Bonchev–Trinajstić information content (AvgIpc) is 2.81. The van der Waals surface area contributed by atoms with Crippen LogP contribution in [0.4, 0.5) is 10.2 Å². The zero-order chi connectivity index (χ0) is 23.5. The monoisotopic (exact) mass is 446 g/mol. The molecule has 1 aliphatic heterocycles. The zero-order valence-corrected chi connectivity index (χ0v) is 18.7. The number of nitrogens with zero attached hydrogens (tertiary/aromatic N) is 2. The van der Waals surface area contributed by atoms with Gasteiger partial charge in [0.25, 0.3) is 5.91 Å². The lowest BCUT2D eigenvalue weighted by Crippen LogP contribution is -2.34. The predicted octanol–water partition coefficient (Wildman–Crippen LogP) is 4.30. The summed E-state index contributed by atoms with van der Waals surface area (Å²) in [6.07, 6.45) is 2.93. The van der Waals surface area contributed by atoms with Crippen LogP contribution in [0.1, 0.15) is 53.2 Å². The molecule has 0 aliphatic carbocycles. The molecule has 0 spiro atoms. The first-order valence-corrected chi connectivity index (χ1v) is 11.0. The largest absolute Gasteiger partial charge is 0.383 e. The van der Waals surface area contributed by atoms with Gasteiger partial charge in [-0.05, 0) is 54.2 Å². The lowest BCUT2D eigenvalue weighted by atomic mass is 9.88. The third-order valence-electron chi connectivity index (χ3n) is 6.24. The fourth-order valence-corrected chi connectivity index (χ4v) is 4.14. The van der Waals surface area contributed by atoms with Gasteiger partial charge in [-0.3, -0.25) is 9.59 Å². The Morgan fingerprint density at radius 1 is 1.21 bits per heavy atom. The molecule has 0 saturated carbocycles. The molecule has 2 unspecified atom stereocenters. The molecule has 1 aromatic heterocycles. The number of nitrogens with one attached hydrogen (secondary N) is 1. The highest BCUT2D eigenvalue weighted by Crippen LogP contribution is 2.33. The fourth-order valence-electron chi connectivity index (χ4n) is 4.14. The van der Waals surface area contributed by atoms with Crippen molar-refractivity contribution in [2.24, 2.45) is 0 Å². The molecular weight excluding hydrogens is 419 g/mol. The molecule has 7 heteroatoms. The quantitative estimate of drug-likeness (QED) is 0.612. The highest BCUT2D eigenvalue weighted by atomic mass is 19.1. The average molecular weight is 447 g/mol. The molecule has 1 fully saturated rings. The second-order valence-electron chi connectivity index (χ2n) is 8.51. The minimum Gasteiger partial charge on any atom is -0.383 e. The molecule has 1 aliphatic rings. The van der Waals surface area contributed by atoms with E-state index < -0.39 is 11.7 Å². The number of aromatic nitrogens is 1. The number of hydrogen-bond donors (Lipinski definition) is 2. The molecular formula is C26H27FN4O2. The van der Waals surface area contributed by atoms with E-state index in [1.165, 1.54) is 12.1 Å². The van der Waals surface area contributed by atoms with Gasteiger partial charge in [0.2, 0.25) is 5.91 Å². The van der Waals surface area contributed by atoms with Gasteiger partial charge in [0.05, 0.1) is 11.6 Å². The smallest absolute Gasteiger partial charge is 0.254 e. The van der Waals surface area contributed by atoms with Gasteiger partial charge in [0.15, 0.2) is 0 Å². The van der Waals surface area contributed by atoms with Crippen molar-refractivity contribution in [3.8, 4) is 11.1 Å². The molecule has 3 aromatic rings. The normalized spacial score (nSPS) is 17.0. The topological polar surface area (TPSA) is 88.3 Å². The van der Waals surface area contributed by atoms with E-state index in [0.29, 0.717) is 24.1 Å². The molecule has 2 amide bonds. The standard InChI is InChI=1S/C26H27FN4O2/c1-16(17-6-4-3-5-7-17)30-26(33)21-9-8-19(13-23(21)27)22-12-20(15-29-25(22)28)18-10-11-31(2)24(32)14-18/h3-9,12-13,15-16,18H,10-11,14H2,1-2H3,(H2,28,29)(H,30,33). The van der Waals surface area contributed by atoms with E-state index >= 15 is 0 Å². The molecule has 170 valence electrons. The summed E-state index contributed by atoms with van der Waals surface area (Å²) >= 11 is 0. The second kappa shape index (κ2) is 9.40. The number of piperidine rings is 1. The number of nitrogen functional groups attached to an aromatic ring is 1. The van der Waals surface area contributed by atoms with Crippen molar-refractivity contribution in [3.05, 3.63) is 83.3 Å². The lowest BCUT2D eigenvalue weighted by Gasteiger charge is -2.29. The van der Waals surface area contributed by atoms with Gasteiger partial charge in [-0.25, -0.2) is 9.37 Å². The van der Waals surface area contributed by atoms with Gasteiger partial charge in [-0.15, -0.1) is 0 Å². The van der Waals surface area contributed by atoms with E-state index in [-0.39, 0.29) is 29.2 Å². The first-order valence-electron chi connectivity index (χ1n) is 11.0. The molecule has 2 atom stereocenters. The van der Waals surface area contributed by atoms with Crippen LogP contribution in [0, 0.1) is 5.82 Å². The molecule has 3 N–H and O–H groups in total. The second-order valence-corrected chi connectivity index (χ2v) is 8.51. The van der Waals surface area contributed by atoms with Crippen LogP contribution in [-0.2, 0) is 4.79 Å². The molecule has 2 aromatic carbocycles. The maximum Gasteiger partial charge on any atom is 0.254 e. The van der Waals surface area contributed by atoms with Crippen LogP contribution >= 0.6 is 0 Å². The third-order valence-corrected chi connectivity index (χ3v) is 6.24. The number of carbonyl (C=O) groups is 2. The molecule has 0 radical (unpaired) electrons. The van der Waals surface area contributed by atoms with Crippen molar-refractivity contribution >= 4 is 17.6 Å². The maximum atomic E-state index is 14.9. The van der Waals surface area contributed by atoms with Gasteiger partial charge < -0.3 is 16.0 Å². The summed E-state index contributed by atoms with van der Waals surface area (Å²) in [6, 6.07) is 15.5. The van der Waals surface area contributed by atoms with E-state index in [1.54, 1.807) is 24.2 Å². The van der Waals surface area contributed by atoms with E-state index in [4.69, 9.17) is 5.73 Å². The van der Waals surface area contributed by atoms with Crippen LogP contribution in [0.2, 0.25) is 0 Å². The highest BCUT2D eigenvalue weighted by Gasteiger charge is 2.25. The predicted molar refractivity (Wildman–Crippen MR) is 126 cm³/mol. The Morgan fingerprint density at radius 3 is 2.67 bits per heavy atom. The third kappa shape index (κ3) is 4.87. The summed E-state index contributed by atoms with van der Waals surface area (Å²) in [6.45, 7) is 2.54.